The number of hydrogen-bond donors (Lipinski definition) is 0. The Hall–Kier alpha value is -1.66. The van der Waals surface area contributed by atoms with Crippen LogP contribution in [0.2, 0.25) is 0 Å². The van der Waals surface area contributed by atoms with Gasteiger partial charge in [-0.15, -0.1) is 6.58 Å². The van der Waals surface area contributed by atoms with Crippen LogP contribution in [0, 0.1) is 6.92 Å². The number of aryl methyl sites for hydroxylation is 1. The molecule has 0 saturated carbocycles. The van der Waals surface area contributed by atoms with E-state index in [1.54, 1.807) is 48.7 Å². The number of benzene rings is 1. The Morgan fingerprint density at radius 1 is 1.27 bits per heavy atom. The minimum atomic E-state index is -3.65. The molecule has 0 aliphatic heterocycles. The van der Waals surface area contributed by atoms with Gasteiger partial charge in [0.05, 0.1) is 10.6 Å². The van der Waals surface area contributed by atoms with Crippen LogP contribution in [0.5, 0.6) is 0 Å². The van der Waals surface area contributed by atoms with Gasteiger partial charge in [0.1, 0.15) is 4.60 Å². The second-order valence-electron chi connectivity index (χ2n) is 4.78. The van der Waals surface area contributed by atoms with Gasteiger partial charge in [-0.25, -0.2) is 13.4 Å². The molecule has 0 spiro atoms. The molecule has 6 heteroatoms. The molecule has 0 unspecified atom stereocenters. The SMILES string of the molecule is C=CCCN(c1cccnc1Br)S(=O)(=O)c1ccc(C)cc1. The molecule has 0 bridgehead atoms. The fourth-order valence-corrected chi connectivity index (χ4v) is 4.05. The average Bonchev–Trinajstić information content (AvgIpc) is 2.49. The van der Waals surface area contributed by atoms with Crippen molar-refractivity contribution < 1.29 is 8.42 Å². The smallest absolute Gasteiger partial charge is 0.263 e. The van der Waals surface area contributed by atoms with Crippen LogP contribution in [0.1, 0.15) is 12.0 Å². The monoisotopic (exact) mass is 380 g/mol. The fraction of sp³-hybridized carbons (Fsp3) is 0.188. The number of halogens is 1. The van der Waals surface area contributed by atoms with Gasteiger partial charge in [0.2, 0.25) is 0 Å². The van der Waals surface area contributed by atoms with E-state index in [2.05, 4.69) is 27.5 Å². The highest BCUT2D eigenvalue weighted by atomic mass is 79.9. The molecule has 0 fully saturated rings. The van der Waals surface area contributed by atoms with Gasteiger partial charge in [-0.2, -0.15) is 0 Å². The quantitative estimate of drug-likeness (QED) is 0.563. The summed E-state index contributed by atoms with van der Waals surface area (Å²) < 4.78 is 27.7. The Morgan fingerprint density at radius 2 is 1.95 bits per heavy atom. The first-order chi connectivity index (χ1) is 10.5. The summed E-state index contributed by atoms with van der Waals surface area (Å²) in [5, 5.41) is 0. The number of anilines is 1. The van der Waals surface area contributed by atoms with Crippen LogP contribution in [0.25, 0.3) is 0 Å². The van der Waals surface area contributed by atoms with Gasteiger partial charge in [0.25, 0.3) is 10.0 Å². The lowest BCUT2D eigenvalue weighted by molar-refractivity contribution is 0.590. The third-order valence-electron chi connectivity index (χ3n) is 3.15. The van der Waals surface area contributed by atoms with Crippen molar-refractivity contribution in [2.45, 2.75) is 18.2 Å². The van der Waals surface area contributed by atoms with E-state index in [-0.39, 0.29) is 4.90 Å². The molecule has 0 saturated heterocycles. The Morgan fingerprint density at radius 3 is 2.55 bits per heavy atom. The third-order valence-corrected chi connectivity index (χ3v) is 5.59. The lowest BCUT2D eigenvalue weighted by Gasteiger charge is -2.24. The van der Waals surface area contributed by atoms with Gasteiger partial charge >= 0.3 is 0 Å². The maximum atomic E-state index is 12.9. The molecule has 0 aliphatic rings. The first-order valence-electron chi connectivity index (χ1n) is 6.77. The Balaban J connectivity index is 2.51. The van der Waals surface area contributed by atoms with Crippen LogP contribution in [-0.4, -0.2) is 19.9 Å². The highest BCUT2D eigenvalue weighted by Gasteiger charge is 2.26. The zero-order chi connectivity index (χ0) is 16.2. The van der Waals surface area contributed by atoms with Crippen molar-refractivity contribution in [1.29, 1.82) is 0 Å². The number of hydrogen-bond acceptors (Lipinski definition) is 3. The zero-order valence-electron chi connectivity index (χ0n) is 12.2. The molecule has 1 aromatic heterocycles. The Kier molecular flexibility index (Phi) is 5.37. The number of aromatic nitrogens is 1. The number of nitrogens with zero attached hydrogens (tertiary/aromatic N) is 2. The molecular weight excluding hydrogens is 364 g/mol. The summed E-state index contributed by atoms with van der Waals surface area (Å²) in [6.07, 6.45) is 3.85. The average molecular weight is 381 g/mol. The third kappa shape index (κ3) is 3.56. The lowest BCUT2D eigenvalue weighted by atomic mass is 10.2. The van der Waals surface area contributed by atoms with E-state index in [1.807, 2.05) is 6.92 Å². The molecule has 4 nitrogen and oxygen atoms in total. The van der Waals surface area contributed by atoms with Crippen molar-refractivity contribution in [3.8, 4) is 0 Å². The number of pyridine rings is 1. The minimum absolute atomic E-state index is 0.262. The molecule has 2 rings (SSSR count). The van der Waals surface area contributed by atoms with Crippen LogP contribution >= 0.6 is 15.9 Å². The number of rotatable bonds is 6. The highest BCUT2D eigenvalue weighted by Crippen LogP contribution is 2.29. The van der Waals surface area contributed by atoms with Crippen molar-refractivity contribution in [2.75, 3.05) is 10.8 Å². The first kappa shape index (κ1) is 16.7. The predicted octanol–water partition coefficient (Wildman–Crippen LogP) is 3.92. The maximum absolute atomic E-state index is 12.9. The molecule has 2 aromatic rings. The molecule has 1 heterocycles. The van der Waals surface area contributed by atoms with Crippen LogP contribution in [0.3, 0.4) is 0 Å². The number of sulfonamides is 1. The first-order valence-corrected chi connectivity index (χ1v) is 9.01. The molecule has 1 aromatic carbocycles. The lowest BCUT2D eigenvalue weighted by Crippen LogP contribution is -2.32. The van der Waals surface area contributed by atoms with Gasteiger partial charge in [0.15, 0.2) is 0 Å². The van der Waals surface area contributed by atoms with Crippen LogP contribution in [0.15, 0.2) is 64.7 Å². The van der Waals surface area contributed by atoms with E-state index in [0.717, 1.165) is 5.56 Å². The van der Waals surface area contributed by atoms with Crippen molar-refractivity contribution in [1.82, 2.24) is 4.98 Å². The van der Waals surface area contributed by atoms with E-state index >= 15 is 0 Å². The van der Waals surface area contributed by atoms with Crippen LogP contribution < -0.4 is 4.31 Å². The predicted molar refractivity (Wildman–Crippen MR) is 92.5 cm³/mol. The van der Waals surface area contributed by atoms with Gasteiger partial charge in [-0.05, 0) is 53.5 Å². The van der Waals surface area contributed by atoms with Gasteiger partial charge in [-0.3, -0.25) is 4.31 Å². The molecule has 0 N–H and O–H groups in total. The summed E-state index contributed by atoms with van der Waals surface area (Å²) in [5.74, 6) is 0. The van der Waals surface area contributed by atoms with E-state index in [4.69, 9.17) is 0 Å². The largest absolute Gasteiger partial charge is 0.264 e. The molecule has 0 aliphatic carbocycles. The molecule has 116 valence electrons. The van der Waals surface area contributed by atoms with Crippen LogP contribution in [-0.2, 0) is 10.0 Å². The second kappa shape index (κ2) is 7.07. The molecule has 0 atom stereocenters. The fourth-order valence-electron chi connectivity index (χ4n) is 1.98. The van der Waals surface area contributed by atoms with Crippen molar-refractivity contribution >= 4 is 31.6 Å². The molecular formula is C16H17BrN2O2S. The Labute approximate surface area is 139 Å². The van der Waals surface area contributed by atoms with Crippen molar-refractivity contribution in [2.24, 2.45) is 0 Å². The van der Waals surface area contributed by atoms with E-state index in [1.165, 1.54) is 4.31 Å². The van der Waals surface area contributed by atoms with Crippen molar-refractivity contribution in [3.63, 3.8) is 0 Å². The van der Waals surface area contributed by atoms with Gasteiger partial charge in [-0.1, -0.05) is 23.8 Å². The van der Waals surface area contributed by atoms with Crippen LogP contribution in [0.4, 0.5) is 5.69 Å². The Bertz CT molecular complexity index is 758. The normalized spacial score (nSPS) is 11.2. The minimum Gasteiger partial charge on any atom is -0.263 e. The molecule has 0 radical (unpaired) electrons. The summed E-state index contributed by atoms with van der Waals surface area (Å²) in [7, 11) is -3.65. The summed E-state index contributed by atoms with van der Waals surface area (Å²) in [6.45, 7) is 5.90. The van der Waals surface area contributed by atoms with Crippen molar-refractivity contribution in [3.05, 3.63) is 65.4 Å². The summed E-state index contributed by atoms with van der Waals surface area (Å²) in [4.78, 5) is 4.38. The van der Waals surface area contributed by atoms with E-state index in [9.17, 15) is 8.42 Å². The highest BCUT2D eigenvalue weighted by molar-refractivity contribution is 9.10. The topological polar surface area (TPSA) is 50.3 Å². The summed E-state index contributed by atoms with van der Waals surface area (Å²) in [5.41, 5.74) is 1.53. The maximum Gasteiger partial charge on any atom is 0.264 e. The standard InChI is InChI=1S/C16H17BrN2O2S/c1-3-4-12-19(15-6-5-11-18-16(15)17)22(20,21)14-9-7-13(2)8-10-14/h3,5-11H,1,4,12H2,2H3. The van der Waals surface area contributed by atoms with Gasteiger partial charge in [0, 0.05) is 12.7 Å². The summed E-state index contributed by atoms with van der Waals surface area (Å²) in [6, 6.07) is 10.3. The summed E-state index contributed by atoms with van der Waals surface area (Å²) >= 11 is 3.32. The van der Waals surface area contributed by atoms with Gasteiger partial charge < -0.3 is 0 Å². The van der Waals surface area contributed by atoms with E-state index < -0.39 is 10.0 Å². The second-order valence-corrected chi connectivity index (χ2v) is 7.39. The molecule has 22 heavy (non-hydrogen) atoms. The zero-order valence-corrected chi connectivity index (χ0v) is 14.6. The van der Waals surface area contributed by atoms with E-state index in [0.29, 0.717) is 23.3 Å². The molecule has 0 amide bonds.